The normalized spacial score (nSPS) is 17.3. The minimum absolute atomic E-state index is 0.137. The lowest BCUT2D eigenvalue weighted by molar-refractivity contribution is 0.0696. The minimum atomic E-state index is 0.137. The highest BCUT2D eigenvalue weighted by Crippen LogP contribution is 2.31. The van der Waals surface area contributed by atoms with Crippen molar-refractivity contribution in [1.82, 2.24) is 19.4 Å². The summed E-state index contributed by atoms with van der Waals surface area (Å²) in [5.74, 6) is 0.455. The van der Waals surface area contributed by atoms with Gasteiger partial charge in [0.25, 0.3) is 5.91 Å². The number of rotatable bonds is 2. The molecule has 5 nitrogen and oxygen atoms in total. The van der Waals surface area contributed by atoms with Gasteiger partial charge in [0.15, 0.2) is 0 Å². The van der Waals surface area contributed by atoms with Gasteiger partial charge in [-0.15, -0.1) is 0 Å². The molecule has 1 atom stereocenters. The molecule has 4 heterocycles. The third-order valence-corrected chi connectivity index (χ3v) is 6.37. The second-order valence-corrected chi connectivity index (χ2v) is 8.30. The van der Waals surface area contributed by atoms with Gasteiger partial charge in [0.1, 0.15) is 5.69 Å². The molecule has 29 heavy (non-hydrogen) atoms. The fourth-order valence-corrected chi connectivity index (χ4v) is 4.81. The van der Waals surface area contributed by atoms with E-state index in [4.69, 9.17) is 0 Å². The largest absolute Gasteiger partial charge is 0.357 e. The fraction of sp³-hybridized carbons (Fsp3) is 0.333. The maximum absolute atomic E-state index is 13.5. The van der Waals surface area contributed by atoms with E-state index >= 15 is 0 Å². The molecule has 1 aromatic carbocycles. The van der Waals surface area contributed by atoms with E-state index in [-0.39, 0.29) is 5.91 Å². The third-order valence-electron chi connectivity index (χ3n) is 6.37. The van der Waals surface area contributed by atoms with Gasteiger partial charge in [-0.1, -0.05) is 11.6 Å². The Labute approximate surface area is 170 Å². The van der Waals surface area contributed by atoms with E-state index in [1.54, 1.807) is 0 Å². The number of hydrogen-bond donors (Lipinski definition) is 1. The molecule has 4 aromatic rings. The molecule has 0 aliphatic carbocycles. The summed E-state index contributed by atoms with van der Waals surface area (Å²) in [6.07, 6.45) is 3.92. The van der Waals surface area contributed by atoms with Crippen LogP contribution in [-0.4, -0.2) is 38.4 Å². The number of piperidine rings is 1. The molecule has 1 aliphatic heterocycles. The van der Waals surface area contributed by atoms with Gasteiger partial charge in [0, 0.05) is 48.8 Å². The topological polar surface area (TPSA) is 53.9 Å². The van der Waals surface area contributed by atoms with E-state index < -0.39 is 0 Å². The number of pyridine rings is 1. The zero-order chi connectivity index (χ0) is 20.1. The van der Waals surface area contributed by atoms with Crippen molar-refractivity contribution in [2.24, 2.45) is 7.05 Å². The van der Waals surface area contributed by atoms with Crippen LogP contribution in [0.1, 0.15) is 46.1 Å². The summed E-state index contributed by atoms with van der Waals surface area (Å²) in [6.45, 7) is 5.72. The number of aryl methyl sites for hydroxylation is 3. The number of likely N-dealkylation sites (tertiary alicyclic amines) is 1. The molecule has 3 aromatic heterocycles. The predicted molar refractivity (Wildman–Crippen MR) is 116 cm³/mol. The number of fused-ring (bicyclic) bond motifs is 2. The van der Waals surface area contributed by atoms with E-state index in [1.165, 1.54) is 16.6 Å². The van der Waals surface area contributed by atoms with Crippen molar-refractivity contribution in [3.8, 4) is 0 Å². The number of H-pyrrole nitrogens is 1. The Morgan fingerprint density at radius 3 is 2.90 bits per heavy atom. The maximum Gasteiger partial charge on any atom is 0.270 e. The number of carbonyl (C=O) groups is 1. The number of nitrogens with one attached hydrogen (secondary N) is 1. The highest BCUT2D eigenvalue weighted by atomic mass is 16.2. The average Bonchev–Trinajstić information content (AvgIpc) is 3.27. The molecule has 1 amide bonds. The molecule has 148 valence electrons. The molecular formula is C24H26N4O. The first-order chi connectivity index (χ1) is 14.0. The van der Waals surface area contributed by atoms with E-state index in [9.17, 15) is 4.79 Å². The van der Waals surface area contributed by atoms with Crippen molar-refractivity contribution in [3.05, 3.63) is 65.1 Å². The van der Waals surface area contributed by atoms with Crippen molar-refractivity contribution < 1.29 is 4.79 Å². The molecule has 5 heteroatoms. The number of nitrogens with zero attached hydrogens (tertiary/aromatic N) is 3. The van der Waals surface area contributed by atoms with E-state index in [2.05, 4.69) is 58.7 Å². The lowest BCUT2D eigenvalue weighted by Gasteiger charge is -2.32. The number of amides is 1. The van der Waals surface area contributed by atoms with E-state index in [1.807, 2.05) is 24.2 Å². The number of hydrogen-bond acceptors (Lipinski definition) is 2. The summed E-state index contributed by atoms with van der Waals surface area (Å²) in [7, 11) is 2.00. The second-order valence-electron chi connectivity index (χ2n) is 8.30. The minimum Gasteiger partial charge on any atom is -0.357 e. The van der Waals surface area contributed by atoms with E-state index in [0.29, 0.717) is 5.92 Å². The molecule has 1 aliphatic rings. The molecule has 1 saturated heterocycles. The summed E-state index contributed by atoms with van der Waals surface area (Å²) >= 11 is 0. The van der Waals surface area contributed by atoms with Crippen LogP contribution in [0, 0.1) is 13.8 Å². The SMILES string of the molecule is Cc1ccc2c(c1)c(C)c(C(=O)N1CCCC(c3cc4ncccc4[nH]3)C1)n2C. The van der Waals surface area contributed by atoms with Crippen molar-refractivity contribution in [2.45, 2.75) is 32.6 Å². The molecule has 1 fully saturated rings. The first kappa shape index (κ1) is 18.0. The quantitative estimate of drug-likeness (QED) is 0.543. The van der Waals surface area contributed by atoms with Gasteiger partial charge >= 0.3 is 0 Å². The van der Waals surface area contributed by atoms with Crippen LogP contribution in [0.4, 0.5) is 0 Å². The molecular weight excluding hydrogens is 360 g/mol. The maximum atomic E-state index is 13.5. The average molecular weight is 386 g/mol. The van der Waals surface area contributed by atoms with Crippen LogP contribution in [0.15, 0.2) is 42.6 Å². The highest BCUT2D eigenvalue weighted by Gasteiger charge is 2.29. The lowest BCUT2D eigenvalue weighted by atomic mass is 9.94. The van der Waals surface area contributed by atoms with Crippen molar-refractivity contribution in [1.29, 1.82) is 0 Å². The van der Waals surface area contributed by atoms with Crippen LogP contribution in [0.5, 0.6) is 0 Å². The van der Waals surface area contributed by atoms with Crippen LogP contribution in [0.2, 0.25) is 0 Å². The Bertz CT molecular complexity index is 1200. The fourth-order valence-electron chi connectivity index (χ4n) is 4.81. The van der Waals surface area contributed by atoms with Crippen LogP contribution in [0.25, 0.3) is 21.9 Å². The monoisotopic (exact) mass is 386 g/mol. The lowest BCUT2D eigenvalue weighted by Crippen LogP contribution is -2.40. The second kappa shape index (κ2) is 6.76. The van der Waals surface area contributed by atoms with Crippen LogP contribution in [0.3, 0.4) is 0 Å². The summed E-state index contributed by atoms with van der Waals surface area (Å²) in [5.41, 5.74) is 7.46. The number of aromatic nitrogens is 3. The number of carbonyl (C=O) groups excluding carboxylic acids is 1. The molecule has 0 spiro atoms. The van der Waals surface area contributed by atoms with E-state index in [0.717, 1.165) is 53.7 Å². The van der Waals surface area contributed by atoms with Gasteiger partial charge in [-0.05, 0) is 62.6 Å². The first-order valence-electron chi connectivity index (χ1n) is 10.3. The molecule has 1 unspecified atom stereocenters. The zero-order valence-electron chi connectivity index (χ0n) is 17.2. The predicted octanol–water partition coefficient (Wildman–Crippen LogP) is 4.69. The van der Waals surface area contributed by atoms with Crippen molar-refractivity contribution in [2.75, 3.05) is 13.1 Å². The first-order valence-corrected chi connectivity index (χ1v) is 10.3. The Kier molecular flexibility index (Phi) is 4.19. The Morgan fingerprint density at radius 1 is 1.21 bits per heavy atom. The molecule has 0 radical (unpaired) electrons. The summed E-state index contributed by atoms with van der Waals surface area (Å²) < 4.78 is 2.06. The molecule has 0 saturated carbocycles. The number of benzene rings is 1. The van der Waals surface area contributed by atoms with Gasteiger partial charge in [-0.2, -0.15) is 0 Å². The smallest absolute Gasteiger partial charge is 0.270 e. The summed E-state index contributed by atoms with van der Waals surface area (Å²) in [6, 6.07) is 12.5. The Balaban J connectivity index is 1.46. The molecule has 5 rings (SSSR count). The Morgan fingerprint density at radius 2 is 2.07 bits per heavy atom. The third kappa shape index (κ3) is 2.92. The summed E-state index contributed by atoms with van der Waals surface area (Å²) in [4.78, 5) is 23.5. The van der Waals surface area contributed by atoms with Crippen LogP contribution >= 0.6 is 0 Å². The Hall–Kier alpha value is -3.08. The van der Waals surface area contributed by atoms with Crippen LogP contribution < -0.4 is 0 Å². The van der Waals surface area contributed by atoms with Gasteiger partial charge < -0.3 is 14.5 Å². The van der Waals surface area contributed by atoms with Crippen LogP contribution in [-0.2, 0) is 7.05 Å². The number of aromatic amines is 1. The van der Waals surface area contributed by atoms with Gasteiger partial charge in [0.05, 0.1) is 11.0 Å². The van der Waals surface area contributed by atoms with Gasteiger partial charge in [-0.3, -0.25) is 9.78 Å². The van der Waals surface area contributed by atoms with Crippen molar-refractivity contribution in [3.63, 3.8) is 0 Å². The highest BCUT2D eigenvalue weighted by molar-refractivity contribution is 6.01. The summed E-state index contributed by atoms with van der Waals surface area (Å²) in [5, 5.41) is 1.17. The molecule has 1 N–H and O–H groups in total. The van der Waals surface area contributed by atoms with Gasteiger partial charge in [-0.25, -0.2) is 0 Å². The molecule has 0 bridgehead atoms. The van der Waals surface area contributed by atoms with Crippen molar-refractivity contribution >= 4 is 27.8 Å². The standard InChI is InChI=1S/C24H26N4O/c1-15-8-9-22-18(12-15)16(2)23(27(22)3)24(29)28-11-5-6-17(14-28)20-13-21-19(26-20)7-4-10-25-21/h4,7-10,12-13,17,26H,5-6,11,14H2,1-3H3. The van der Waals surface area contributed by atoms with Gasteiger partial charge in [0.2, 0.25) is 0 Å². The zero-order valence-corrected chi connectivity index (χ0v) is 17.2.